The summed E-state index contributed by atoms with van der Waals surface area (Å²) in [6.07, 6.45) is -2.34. The van der Waals surface area contributed by atoms with E-state index in [1.807, 2.05) is 18.2 Å². The van der Waals surface area contributed by atoms with Gasteiger partial charge in [0.2, 0.25) is 0 Å². The van der Waals surface area contributed by atoms with E-state index < -0.39 is 17.3 Å². The fourth-order valence-corrected chi connectivity index (χ4v) is 4.14. The Bertz CT molecular complexity index is 766. The number of alkyl halides is 3. The fraction of sp³-hybridized carbons (Fsp3) is 0.429. The largest absolute Gasteiger partial charge is 0.416 e. The van der Waals surface area contributed by atoms with Crippen molar-refractivity contribution in [3.63, 3.8) is 0 Å². The lowest BCUT2D eigenvalue weighted by atomic mass is 9.83. The van der Waals surface area contributed by atoms with E-state index in [0.717, 1.165) is 18.6 Å². The summed E-state index contributed by atoms with van der Waals surface area (Å²) in [6, 6.07) is 16.0. The molecule has 2 unspecified atom stereocenters. The average molecular weight is 361 g/mol. The van der Waals surface area contributed by atoms with Crippen LogP contribution in [0.3, 0.4) is 0 Å². The monoisotopic (exact) mass is 361 g/mol. The van der Waals surface area contributed by atoms with Crippen LogP contribution in [0.15, 0.2) is 54.6 Å². The third-order valence-corrected chi connectivity index (χ3v) is 5.81. The summed E-state index contributed by atoms with van der Waals surface area (Å²) in [7, 11) is 0. The number of piperidine rings is 1. The first-order valence-corrected chi connectivity index (χ1v) is 9.06. The summed E-state index contributed by atoms with van der Waals surface area (Å²) >= 11 is 0. The van der Waals surface area contributed by atoms with Crippen molar-refractivity contribution in [2.24, 2.45) is 0 Å². The fourth-order valence-electron chi connectivity index (χ4n) is 4.14. The zero-order valence-electron chi connectivity index (χ0n) is 14.4. The van der Waals surface area contributed by atoms with Gasteiger partial charge in [0.1, 0.15) is 0 Å². The highest BCUT2D eigenvalue weighted by Crippen LogP contribution is 2.47. The molecular formula is C21H22F3NO. The third kappa shape index (κ3) is 3.38. The predicted molar refractivity (Wildman–Crippen MR) is 93.7 cm³/mol. The third-order valence-electron chi connectivity index (χ3n) is 5.81. The highest BCUT2D eigenvalue weighted by Gasteiger charge is 2.46. The molecule has 2 aromatic rings. The maximum Gasteiger partial charge on any atom is 0.416 e. The maximum atomic E-state index is 13.0. The van der Waals surface area contributed by atoms with E-state index in [9.17, 15) is 18.3 Å². The van der Waals surface area contributed by atoms with E-state index in [-0.39, 0.29) is 0 Å². The minimum Gasteiger partial charge on any atom is -0.385 e. The van der Waals surface area contributed by atoms with Gasteiger partial charge < -0.3 is 5.11 Å². The highest BCUT2D eigenvalue weighted by atomic mass is 19.4. The van der Waals surface area contributed by atoms with Gasteiger partial charge in [0, 0.05) is 25.0 Å². The summed E-state index contributed by atoms with van der Waals surface area (Å²) < 4.78 is 38.9. The number of hydrogen-bond donors (Lipinski definition) is 1. The van der Waals surface area contributed by atoms with Gasteiger partial charge in [0.15, 0.2) is 0 Å². The molecule has 0 spiro atoms. The molecule has 1 saturated heterocycles. The molecule has 0 bridgehead atoms. The second-order valence-corrected chi connectivity index (χ2v) is 7.47. The van der Waals surface area contributed by atoms with Crippen molar-refractivity contribution in [3.05, 3.63) is 71.3 Å². The lowest BCUT2D eigenvalue weighted by Crippen LogP contribution is -2.43. The highest BCUT2D eigenvalue weighted by molar-refractivity contribution is 5.31. The Morgan fingerprint density at radius 3 is 2.31 bits per heavy atom. The number of likely N-dealkylation sites (tertiary alicyclic amines) is 1. The van der Waals surface area contributed by atoms with E-state index >= 15 is 0 Å². The summed E-state index contributed by atoms with van der Waals surface area (Å²) in [5, 5.41) is 10.9. The molecule has 1 aliphatic heterocycles. The zero-order chi connectivity index (χ0) is 18.4. The van der Waals surface area contributed by atoms with E-state index in [2.05, 4.69) is 17.0 Å². The number of aliphatic hydroxyl groups is 1. The number of nitrogens with zero attached hydrogens (tertiary/aromatic N) is 1. The van der Waals surface area contributed by atoms with Gasteiger partial charge >= 0.3 is 6.18 Å². The standard InChI is InChI=1S/C21H22F3NO/c22-21(23,24)17-8-4-7-16(13-17)20(26)9-11-25(12-10-20)19-14-18(19)15-5-2-1-3-6-15/h1-8,13,18-19,26H,9-12,14H2. The number of benzene rings is 2. The van der Waals surface area contributed by atoms with E-state index in [4.69, 9.17) is 0 Å². The van der Waals surface area contributed by atoms with Gasteiger partial charge in [0.25, 0.3) is 0 Å². The van der Waals surface area contributed by atoms with Crippen LogP contribution in [0.2, 0.25) is 0 Å². The quantitative estimate of drug-likeness (QED) is 0.867. The van der Waals surface area contributed by atoms with E-state index in [0.29, 0.717) is 43.5 Å². The Balaban J connectivity index is 1.42. The van der Waals surface area contributed by atoms with Crippen molar-refractivity contribution in [2.45, 2.75) is 43.0 Å². The summed E-state index contributed by atoms with van der Waals surface area (Å²) in [4.78, 5) is 2.37. The van der Waals surface area contributed by atoms with Crippen LogP contribution in [0, 0.1) is 0 Å². The van der Waals surface area contributed by atoms with Crippen molar-refractivity contribution < 1.29 is 18.3 Å². The molecule has 2 aromatic carbocycles. The van der Waals surface area contributed by atoms with E-state index in [1.165, 1.54) is 11.6 Å². The van der Waals surface area contributed by atoms with Crippen LogP contribution in [-0.2, 0) is 11.8 Å². The SMILES string of the molecule is OC1(c2cccc(C(F)(F)F)c2)CCN(C2CC2c2ccccc2)CC1. The first-order chi connectivity index (χ1) is 12.4. The van der Waals surface area contributed by atoms with Gasteiger partial charge in [0.05, 0.1) is 11.2 Å². The first kappa shape index (κ1) is 17.6. The summed E-state index contributed by atoms with van der Waals surface area (Å²) in [5.74, 6) is 0.538. The van der Waals surface area contributed by atoms with Gasteiger partial charge in [-0.1, -0.05) is 42.5 Å². The van der Waals surface area contributed by atoms with Gasteiger partial charge in [-0.25, -0.2) is 0 Å². The Morgan fingerprint density at radius 2 is 1.65 bits per heavy atom. The zero-order valence-corrected chi connectivity index (χ0v) is 14.4. The molecule has 4 rings (SSSR count). The molecule has 1 N–H and O–H groups in total. The molecule has 2 aliphatic rings. The van der Waals surface area contributed by atoms with Crippen molar-refractivity contribution in [2.75, 3.05) is 13.1 Å². The molecule has 0 radical (unpaired) electrons. The molecule has 26 heavy (non-hydrogen) atoms. The van der Waals surface area contributed by atoms with Crippen LogP contribution >= 0.6 is 0 Å². The topological polar surface area (TPSA) is 23.5 Å². The normalized spacial score (nSPS) is 25.8. The molecule has 138 valence electrons. The van der Waals surface area contributed by atoms with Crippen molar-refractivity contribution in [3.8, 4) is 0 Å². The lowest BCUT2D eigenvalue weighted by Gasteiger charge is -2.39. The minimum absolute atomic E-state index is 0.377. The second kappa shape index (κ2) is 6.39. The summed E-state index contributed by atoms with van der Waals surface area (Å²) in [6.45, 7) is 1.42. The van der Waals surface area contributed by atoms with Gasteiger partial charge in [-0.3, -0.25) is 4.90 Å². The van der Waals surface area contributed by atoms with Gasteiger partial charge in [-0.05, 0) is 42.5 Å². The molecule has 1 aliphatic carbocycles. The Hall–Kier alpha value is -1.85. The average Bonchev–Trinajstić information content (AvgIpc) is 3.43. The molecular weight excluding hydrogens is 339 g/mol. The van der Waals surface area contributed by atoms with Crippen LogP contribution in [0.4, 0.5) is 13.2 Å². The Labute approximate surface area is 151 Å². The smallest absolute Gasteiger partial charge is 0.385 e. The minimum atomic E-state index is -4.38. The number of rotatable bonds is 3. The first-order valence-electron chi connectivity index (χ1n) is 9.06. The summed E-state index contributed by atoms with van der Waals surface area (Å²) in [5.41, 5.74) is -0.148. The second-order valence-electron chi connectivity index (χ2n) is 7.47. The number of halogens is 3. The van der Waals surface area contributed by atoms with Crippen LogP contribution in [-0.4, -0.2) is 29.1 Å². The van der Waals surface area contributed by atoms with Crippen molar-refractivity contribution in [1.82, 2.24) is 4.90 Å². The molecule has 2 atom stereocenters. The van der Waals surface area contributed by atoms with Crippen LogP contribution in [0.5, 0.6) is 0 Å². The molecule has 1 saturated carbocycles. The molecule has 0 aromatic heterocycles. The molecule has 2 nitrogen and oxygen atoms in total. The lowest BCUT2D eigenvalue weighted by molar-refractivity contribution is -0.137. The number of hydrogen-bond acceptors (Lipinski definition) is 2. The molecule has 2 fully saturated rings. The van der Waals surface area contributed by atoms with Gasteiger partial charge in [-0.2, -0.15) is 13.2 Å². The Kier molecular flexibility index (Phi) is 4.32. The molecule has 1 heterocycles. The van der Waals surface area contributed by atoms with E-state index in [1.54, 1.807) is 6.07 Å². The maximum absolute atomic E-state index is 13.0. The van der Waals surface area contributed by atoms with Crippen molar-refractivity contribution >= 4 is 0 Å². The molecule has 0 amide bonds. The Morgan fingerprint density at radius 1 is 0.962 bits per heavy atom. The van der Waals surface area contributed by atoms with Crippen LogP contribution in [0.1, 0.15) is 41.9 Å². The molecule has 5 heteroatoms. The van der Waals surface area contributed by atoms with Gasteiger partial charge in [-0.15, -0.1) is 0 Å². The van der Waals surface area contributed by atoms with Crippen molar-refractivity contribution in [1.29, 1.82) is 0 Å². The van der Waals surface area contributed by atoms with Crippen LogP contribution in [0.25, 0.3) is 0 Å². The predicted octanol–water partition coefficient (Wildman–Crippen LogP) is 4.54. The van der Waals surface area contributed by atoms with Crippen LogP contribution < -0.4 is 0 Å².